The Balaban J connectivity index is 0.00000324. The quantitative estimate of drug-likeness (QED) is 0.852. The summed E-state index contributed by atoms with van der Waals surface area (Å²) in [5.74, 6) is -0.134. The summed E-state index contributed by atoms with van der Waals surface area (Å²) in [6.07, 6.45) is 0.808. The van der Waals surface area contributed by atoms with Crippen LogP contribution in [0.2, 0.25) is 0 Å². The zero-order valence-corrected chi connectivity index (χ0v) is 13.2. The number of aromatic nitrogens is 2. The van der Waals surface area contributed by atoms with Gasteiger partial charge >= 0.3 is 0 Å². The van der Waals surface area contributed by atoms with E-state index in [-0.39, 0.29) is 30.3 Å². The summed E-state index contributed by atoms with van der Waals surface area (Å²) >= 11 is 0. The molecule has 0 radical (unpaired) electrons. The van der Waals surface area contributed by atoms with Crippen molar-refractivity contribution in [2.75, 3.05) is 6.54 Å². The van der Waals surface area contributed by atoms with Gasteiger partial charge in [-0.2, -0.15) is 5.10 Å². The molecule has 1 heterocycles. The van der Waals surface area contributed by atoms with Gasteiger partial charge in [0.1, 0.15) is 0 Å². The fourth-order valence-electron chi connectivity index (χ4n) is 1.89. The first-order valence-electron chi connectivity index (χ1n) is 6.37. The van der Waals surface area contributed by atoms with Crippen molar-refractivity contribution < 1.29 is 4.79 Å². The molecule has 0 saturated carbocycles. The lowest BCUT2D eigenvalue weighted by molar-refractivity contribution is -0.124. The van der Waals surface area contributed by atoms with Crippen molar-refractivity contribution in [3.05, 3.63) is 17.0 Å². The van der Waals surface area contributed by atoms with Gasteiger partial charge in [0.05, 0.1) is 5.69 Å². The molecule has 5 nitrogen and oxygen atoms in total. The van der Waals surface area contributed by atoms with E-state index in [1.54, 1.807) is 0 Å². The van der Waals surface area contributed by atoms with Gasteiger partial charge in [0.25, 0.3) is 0 Å². The second kappa shape index (κ2) is 7.50. The maximum Gasteiger partial charge on any atom is 0.224 e. The van der Waals surface area contributed by atoms with E-state index in [0.29, 0.717) is 6.54 Å². The van der Waals surface area contributed by atoms with E-state index in [0.717, 1.165) is 17.8 Å². The Morgan fingerprint density at radius 3 is 2.42 bits per heavy atom. The van der Waals surface area contributed by atoms with Crippen LogP contribution in [-0.2, 0) is 18.3 Å². The first-order valence-corrected chi connectivity index (χ1v) is 6.37. The molecule has 0 spiro atoms. The van der Waals surface area contributed by atoms with Gasteiger partial charge in [-0.15, -0.1) is 12.4 Å². The Morgan fingerprint density at radius 1 is 1.42 bits per heavy atom. The largest absolute Gasteiger partial charge is 0.355 e. The van der Waals surface area contributed by atoms with Crippen LogP contribution in [0, 0.1) is 19.8 Å². The number of nitrogens with one attached hydrogen (secondary N) is 1. The second-order valence-corrected chi connectivity index (χ2v) is 4.96. The number of hydrogen-bond donors (Lipinski definition) is 2. The highest BCUT2D eigenvalue weighted by Crippen LogP contribution is 2.12. The summed E-state index contributed by atoms with van der Waals surface area (Å²) in [6, 6.07) is -0.119. The van der Waals surface area contributed by atoms with Gasteiger partial charge in [0.15, 0.2) is 0 Å². The van der Waals surface area contributed by atoms with Crippen molar-refractivity contribution in [2.45, 2.75) is 40.2 Å². The normalized spacial score (nSPS) is 13.6. The van der Waals surface area contributed by atoms with Crippen molar-refractivity contribution in [1.29, 1.82) is 0 Å². The van der Waals surface area contributed by atoms with Gasteiger partial charge in [-0.3, -0.25) is 9.48 Å². The minimum atomic E-state index is -0.152. The molecule has 6 heteroatoms. The number of aryl methyl sites for hydroxylation is 2. The summed E-state index contributed by atoms with van der Waals surface area (Å²) in [5, 5.41) is 7.28. The maximum atomic E-state index is 11.7. The van der Waals surface area contributed by atoms with Crippen molar-refractivity contribution in [1.82, 2.24) is 15.1 Å². The molecule has 0 aromatic carbocycles. The van der Waals surface area contributed by atoms with Crippen LogP contribution in [0.1, 0.15) is 30.8 Å². The van der Waals surface area contributed by atoms with Gasteiger partial charge in [0, 0.05) is 31.2 Å². The van der Waals surface area contributed by atoms with Crippen molar-refractivity contribution in [2.24, 2.45) is 18.7 Å². The minimum Gasteiger partial charge on any atom is -0.355 e. The van der Waals surface area contributed by atoms with E-state index in [1.807, 2.05) is 39.4 Å². The maximum absolute atomic E-state index is 11.7. The van der Waals surface area contributed by atoms with E-state index >= 15 is 0 Å². The molecular weight excluding hydrogens is 264 g/mol. The van der Waals surface area contributed by atoms with Gasteiger partial charge in [-0.25, -0.2) is 0 Å². The van der Waals surface area contributed by atoms with Gasteiger partial charge in [-0.1, -0.05) is 6.92 Å². The first-order chi connectivity index (χ1) is 8.34. The molecule has 2 atom stereocenters. The molecule has 1 rings (SSSR count). The van der Waals surface area contributed by atoms with E-state index in [1.165, 1.54) is 5.56 Å². The molecule has 3 N–H and O–H groups in total. The predicted octanol–water partition coefficient (Wildman–Crippen LogP) is 1.10. The summed E-state index contributed by atoms with van der Waals surface area (Å²) < 4.78 is 1.87. The highest BCUT2D eigenvalue weighted by Gasteiger charge is 2.16. The number of hydrogen-bond acceptors (Lipinski definition) is 3. The van der Waals surface area contributed by atoms with Crippen LogP contribution in [0.3, 0.4) is 0 Å². The second-order valence-electron chi connectivity index (χ2n) is 4.96. The predicted molar refractivity (Wildman–Crippen MR) is 79.5 cm³/mol. The molecule has 0 aliphatic heterocycles. The first kappa shape index (κ1) is 17.9. The lowest BCUT2D eigenvalue weighted by atomic mass is 10.0. The summed E-state index contributed by atoms with van der Waals surface area (Å²) in [4.78, 5) is 11.7. The Morgan fingerprint density at radius 2 is 2.00 bits per heavy atom. The van der Waals surface area contributed by atoms with E-state index in [9.17, 15) is 4.79 Å². The molecule has 110 valence electrons. The Labute approximate surface area is 121 Å². The van der Waals surface area contributed by atoms with E-state index in [2.05, 4.69) is 10.4 Å². The fourth-order valence-corrected chi connectivity index (χ4v) is 1.89. The molecule has 0 aliphatic carbocycles. The lowest BCUT2D eigenvalue weighted by Crippen LogP contribution is -2.39. The minimum absolute atomic E-state index is 0. The van der Waals surface area contributed by atoms with Crippen LogP contribution >= 0.6 is 12.4 Å². The van der Waals surface area contributed by atoms with Gasteiger partial charge < -0.3 is 11.1 Å². The molecule has 0 saturated heterocycles. The third kappa shape index (κ3) is 4.51. The highest BCUT2D eigenvalue weighted by atomic mass is 35.5. The van der Waals surface area contributed by atoms with Crippen LogP contribution in [0.25, 0.3) is 0 Å². The summed E-state index contributed by atoms with van der Waals surface area (Å²) in [7, 11) is 1.93. The lowest BCUT2D eigenvalue weighted by Gasteiger charge is -2.15. The van der Waals surface area contributed by atoms with E-state index in [4.69, 9.17) is 5.73 Å². The van der Waals surface area contributed by atoms with Crippen molar-refractivity contribution in [3.63, 3.8) is 0 Å². The van der Waals surface area contributed by atoms with Crippen molar-refractivity contribution in [3.8, 4) is 0 Å². The average molecular weight is 289 g/mol. The zero-order valence-electron chi connectivity index (χ0n) is 12.4. The van der Waals surface area contributed by atoms with Gasteiger partial charge in [0.2, 0.25) is 5.91 Å². The Hall–Kier alpha value is -1.07. The van der Waals surface area contributed by atoms with Crippen LogP contribution in [0.5, 0.6) is 0 Å². The highest BCUT2D eigenvalue weighted by molar-refractivity contribution is 5.85. The Bertz CT molecular complexity index is 429. The monoisotopic (exact) mass is 288 g/mol. The summed E-state index contributed by atoms with van der Waals surface area (Å²) in [5.41, 5.74) is 9.10. The van der Waals surface area contributed by atoms with Crippen LogP contribution in [-0.4, -0.2) is 28.3 Å². The number of rotatable bonds is 5. The number of nitrogens with two attached hydrogens (primary N) is 1. The fraction of sp³-hybridized carbons (Fsp3) is 0.692. The number of carbonyl (C=O) groups is 1. The molecule has 1 amide bonds. The molecule has 0 bridgehead atoms. The number of carbonyl (C=O) groups excluding carboxylic acids is 1. The molecule has 2 unspecified atom stereocenters. The molecule has 0 aliphatic rings. The SMILES string of the molecule is Cc1nn(C)c(C)c1CCNC(=O)C(C)C(C)N.Cl. The third-order valence-electron chi connectivity index (χ3n) is 3.54. The molecule has 1 aromatic heterocycles. The molecule has 19 heavy (non-hydrogen) atoms. The van der Waals surface area contributed by atoms with E-state index < -0.39 is 0 Å². The molecule has 0 fully saturated rings. The number of halogens is 1. The third-order valence-corrected chi connectivity index (χ3v) is 3.54. The molecular formula is C13H25ClN4O. The van der Waals surface area contributed by atoms with Crippen molar-refractivity contribution >= 4 is 18.3 Å². The molecule has 1 aromatic rings. The van der Waals surface area contributed by atoms with Crippen LogP contribution in [0.4, 0.5) is 0 Å². The number of amides is 1. The standard InChI is InChI=1S/C13H24N4O.ClH/c1-8(9(2)14)13(18)15-7-6-12-10(3)16-17(5)11(12)4;/h8-9H,6-7,14H2,1-5H3,(H,15,18);1H. The van der Waals surface area contributed by atoms with Crippen LogP contribution < -0.4 is 11.1 Å². The average Bonchev–Trinajstić information content (AvgIpc) is 2.54. The topological polar surface area (TPSA) is 72.9 Å². The number of nitrogens with zero attached hydrogens (tertiary/aromatic N) is 2. The van der Waals surface area contributed by atoms with Gasteiger partial charge in [-0.05, 0) is 32.8 Å². The smallest absolute Gasteiger partial charge is 0.224 e. The summed E-state index contributed by atoms with van der Waals surface area (Å²) in [6.45, 7) is 8.36. The zero-order chi connectivity index (χ0) is 13.9. The van der Waals surface area contributed by atoms with Crippen LogP contribution in [0.15, 0.2) is 0 Å². The Kier molecular flexibility index (Phi) is 7.08.